The Morgan fingerprint density at radius 1 is 1.67 bits per heavy atom. The third-order valence-corrected chi connectivity index (χ3v) is 1.63. The fraction of sp³-hybridized carbons (Fsp3) is 0.125. The zero-order valence-corrected chi connectivity index (χ0v) is 7.24. The van der Waals surface area contributed by atoms with Crippen LogP contribution in [0.3, 0.4) is 0 Å². The molecule has 7 heteroatoms. The van der Waals surface area contributed by atoms with Crippen molar-refractivity contribution in [1.29, 1.82) is 5.26 Å². The maximum atomic E-state index is 12.4. The summed E-state index contributed by atoms with van der Waals surface area (Å²) in [5.74, 6) is -1.64. The lowest BCUT2D eigenvalue weighted by molar-refractivity contribution is 0.0677. The lowest BCUT2D eigenvalue weighted by Gasteiger charge is -2.07. The van der Waals surface area contributed by atoms with Crippen LogP contribution in [0.1, 0.15) is 28.2 Å². The zero-order valence-electron chi connectivity index (χ0n) is 7.24. The molecule has 0 spiro atoms. The summed E-state index contributed by atoms with van der Waals surface area (Å²) in [5, 5.41) is 17.0. The summed E-state index contributed by atoms with van der Waals surface area (Å²) in [6.07, 6.45) is -3.05. The highest BCUT2D eigenvalue weighted by atomic mass is 19.3. The molecule has 15 heavy (non-hydrogen) atoms. The number of carbonyl (C=O) groups is 1. The van der Waals surface area contributed by atoms with Crippen LogP contribution in [-0.2, 0) is 0 Å². The van der Waals surface area contributed by atoms with Gasteiger partial charge < -0.3 is 10.8 Å². The number of nitrogens with zero attached hydrogens (tertiary/aromatic N) is 2. The van der Waals surface area contributed by atoms with E-state index in [0.717, 1.165) is 6.07 Å². The number of nitrogens with two attached hydrogens (primary N) is 1. The Balaban J connectivity index is 3.51. The Bertz CT molecular complexity index is 454. The molecule has 5 nitrogen and oxygen atoms in total. The second kappa shape index (κ2) is 3.88. The van der Waals surface area contributed by atoms with E-state index in [1.807, 2.05) is 0 Å². The molecule has 3 N–H and O–H groups in total. The van der Waals surface area contributed by atoms with Gasteiger partial charge in [0.15, 0.2) is 5.69 Å². The number of aromatic carboxylic acids is 1. The lowest BCUT2D eigenvalue weighted by Crippen LogP contribution is -2.10. The predicted molar refractivity (Wildman–Crippen MR) is 45.3 cm³/mol. The molecule has 78 valence electrons. The smallest absolute Gasteiger partial charge is 0.355 e. The van der Waals surface area contributed by atoms with Gasteiger partial charge in [-0.15, -0.1) is 0 Å². The summed E-state index contributed by atoms with van der Waals surface area (Å²) < 4.78 is 24.8. The van der Waals surface area contributed by atoms with Crippen LogP contribution in [0.25, 0.3) is 0 Å². The van der Waals surface area contributed by atoms with Crippen LogP contribution in [0.4, 0.5) is 14.5 Å². The van der Waals surface area contributed by atoms with Crippen LogP contribution >= 0.6 is 0 Å². The van der Waals surface area contributed by atoms with Crippen molar-refractivity contribution in [3.05, 3.63) is 23.0 Å². The first-order chi connectivity index (χ1) is 6.97. The number of nitrogen functional groups attached to an aromatic ring is 1. The molecule has 0 fully saturated rings. The summed E-state index contributed by atoms with van der Waals surface area (Å²) in [6, 6.07) is 2.44. The molecule has 0 saturated heterocycles. The van der Waals surface area contributed by atoms with E-state index in [4.69, 9.17) is 16.1 Å². The third kappa shape index (κ3) is 1.99. The Kier molecular flexibility index (Phi) is 2.80. The molecule has 0 saturated carbocycles. The van der Waals surface area contributed by atoms with E-state index in [-0.39, 0.29) is 5.69 Å². The largest absolute Gasteiger partial charge is 0.476 e. The van der Waals surface area contributed by atoms with Crippen molar-refractivity contribution < 1.29 is 18.7 Å². The molecule has 1 aromatic heterocycles. The predicted octanol–water partition coefficient (Wildman–Crippen LogP) is 1.17. The summed E-state index contributed by atoms with van der Waals surface area (Å²) in [7, 11) is 0. The van der Waals surface area contributed by atoms with Crippen molar-refractivity contribution in [2.24, 2.45) is 0 Å². The monoisotopic (exact) mass is 213 g/mol. The van der Waals surface area contributed by atoms with Crippen molar-refractivity contribution in [3.8, 4) is 6.07 Å². The molecule has 0 atom stereocenters. The van der Waals surface area contributed by atoms with Crippen molar-refractivity contribution in [1.82, 2.24) is 4.98 Å². The van der Waals surface area contributed by atoms with Gasteiger partial charge in [0.25, 0.3) is 6.43 Å². The number of aromatic nitrogens is 1. The average molecular weight is 213 g/mol. The van der Waals surface area contributed by atoms with E-state index in [1.165, 1.54) is 6.07 Å². The third-order valence-electron chi connectivity index (χ3n) is 1.63. The van der Waals surface area contributed by atoms with Crippen molar-refractivity contribution in [3.63, 3.8) is 0 Å². The molecule has 1 rings (SSSR count). The van der Waals surface area contributed by atoms with Gasteiger partial charge in [0.05, 0.1) is 5.56 Å². The molecule has 0 aromatic carbocycles. The van der Waals surface area contributed by atoms with Gasteiger partial charge in [-0.3, -0.25) is 0 Å². The first kappa shape index (κ1) is 10.8. The number of carboxylic acid groups (broad SMARTS) is 1. The number of pyridine rings is 1. The number of alkyl halides is 2. The molecule has 1 aromatic rings. The summed E-state index contributed by atoms with van der Waals surface area (Å²) in [4.78, 5) is 13.8. The van der Waals surface area contributed by atoms with Crippen LogP contribution in [0.15, 0.2) is 6.07 Å². The second-order valence-electron chi connectivity index (χ2n) is 2.58. The highest BCUT2D eigenvalue weighted by Gasteiger charge is 2.23. The highest BCUT2D eigenvalue weighted by molar-refractivity contribution is 5.89. The number of hydrogen-bond acceptors (Lipinski definition) is 4. The number of carboxylic acids is 1. The minimum absolute atomic E-state index is 0.311. The SMILES string of the molecule is N#Cc1cc(N)c(C(F)F)c(C(=O)O)n1. The first-order valence-corrected chi connectivity index (χ1v) is 3.69. The van der Waals surface area contributed by atoms with Gasteiger partial charge in [0, 0.05) is 5.69 Å². The summed E-state index contributed by atoms with van der Waals surface area (Å²) >= 11 is 0. The van der Waals surface area contributed by atoms with Gasteiger partial charge in [0.1, 0.15) is 11.8 Å². The standard InChI is InChI=1S/C8H5F2N3O2/c9-7(10)5-4(12)1-3(2-11)13-6(5)8(14)15/h1,7H,(H2,12,13)(H,14,15). The normalized spacial score (nSPS) is 10.0. The van der Waals surface area contributed by atoms with Crippen molar-refractivity contribution in [2.75, 3.05) is 5.73 Å². The van der Waals surface area contributed by atoms with Crippen molar-refractivity contribution >= 4 is 11.7 Å². The van der Waals surface area contributed by atoms with E-state index in [1.54, 1.807) is 0 Å². The van der Waals surface area contributed by atoms with Gasteiger partial charge >= 0.3 is 5.97 Å². The summed E-state index contributed by atoms with van der Waals surface area (Å²) in [6.45, 7) is 0. The number of nitriles is 1. The fourth-order valence-electron chi connectivity index (χ4n) is 1.02. The van der Waals surface area contributed by atoms with Gasteiger partial charge in [-0.25, -0.2) is 18.6 Å². The minimum atomic E-state index is -3.05. The first-order valence-electron chi connectivity index (χ1n) is 3.69. The van der Waals surface area contributed by atoms with Gasteiger partial charge in [-0.1, -0.05) is 0 Å². The van der Waals surface area contributed by atoms with Crippen LogP contribution < -0.4 is 5.73 Å². The fourth-order valence-corrected chi connectivity index (χ4v) is 1.02. The van der Waals surface area contributed by atoms with Crippen LogP contribution in [0.2, 0.25) is 0 Å². The Morgan fingerprint density at radius 3 is 2.67 bits per heavy atom. The molecule has 0 bridgehead atoms. The van der Waals surface area contributed by atoms with Crippen LogP contribution in [0.5, 0.6) is 0 Å². The van der Waals surface area contributed by atoms with Gasteiger partial charge in [-0.05, 0) is 6.07 Å². The lowest BCUT2D eigenvalue weighted by atomic mass is 10.1. The van der Waals surface area contributed by atoms with E-state index < -0.39 is 29.3 Å². The molecule has 0 aliphatic heterocycles. The average Bonchev–Trinajstić information content (AvgIpc) is 2.15. The molecular formula is C8H5F2N3O2. The van der Waals surface area contributed by atoms with Crippen LogP contribution in [0, 0.1) is 11.3 Å². The molecule has 1 heterocycles. The molecule has 0 radical (unpaired) electrons. The van der Waals surface area contributed by atoms with Crippen LogP contribution in [-0.4, -0.2) is 16.1 Å². The molecule has 0 unspecified atom stereocenters. The summed E-state index contributed by atoms with van der Waals surface area (Å²) in [5.41, 5.74) is 2.69. The van der Waals surface area contributed by atoms with E-state index in [0.29, 0.717) is 0 Å². The maximum Gasteiger partial charge on any atom is 0.355 e. The molecular weight excluding hydrogens is 208 g/mol. The van der Waals surface area contributed by atoms with E-state index in [2.05, 4.69) is 4.98 Å². The van der Waals surface area contributed by atoms with E-state index >= 15 is 0 Å². The topological polar surface area (TPSA) is 100 Å². The Morgan fingerprint density at radius 2 is 2.27 bits per heavy atom. The molecule has 0 aliphatic carbocycles. The Labute approximate surface area is 82.8 Å². The van der Waals surface area contributed by atoms with Crippen molar-refractivity contribution in [2.45, 2.75) is 6.43 Å². The number of rotatable bonds is 2. The quantitative estimate of drug-likeness (QED) is 0.767. The highest BCUT2D eigenvalue weighted by Crippen LogP contribution is 2.28. The number of hydrogen-bond donors (Lipinski definition) is 2. The number of anilines is 1. The minimum Gasteiger partial charge on any atom is -0.476 e. The zero-order chi connectivity index (χ0) is 11.6. The molecule has 0 aliphatic rings. The van der Waals surface area contributed by atoms with Gasteiger partial charge in [-0.2, -0.15) is 5.26 Å². The second-order valence-corrected chi connectivity index (χ2v) is 2.58. The Hall–Kier alpha value is -2.23. The molecule has 0 amide bonds. The maximum absolute atomic E-state index is 12.4. The van der Waals surface area contributed by atoms with E-state index in [9.17, 15) is 13.6 Å². The van der Waals surface area contributed by atoms with Gasteiger partial charge in [0.2, 0.25) is 0 Å². The number of halogens is 2.